The first-order valence-electron chi connectivity index (χ1n) is 6.22. The molecule has 0 atom stereocenters. The van der Waals surface area contributed by atoms with Crippen molar-refractivity contribution in [3.05, 3.63) is 0 Å². The first-order chi connectivity index (χ1) is 8.42. The van der Waals surface area contributed by atoms with E-state index < -0.39 is 12.7 Å². The van der Waals surface area contributed by atoms with E-state index in [0.717, 1.165) is 19.3 Å². The number of halogens is 3. The summed E-state index contributed by atoms with van der Waals surface area (Å²) in [6.07, 6.45) is 0.0328. The fourth-order valence-corrected chi connectivity index (χ4v) is 1.91. The number of rotatable bonds is 8. The van der Waals surface area contributed by atoms with Gasteiger partial charge in [0.1, 0.15) is 0 Å². The van der Waals surface area contributed by atoms with Crippen LogP contribution in [0.2, 0.25) is 0 Å². The average molecular weight is 267 g/mol. The molecule has 0 bridgehead atoms. The Morgan fingerprint density at radius 3 is 2.44 bits per heavy atom. The maximum Gasteiger partial charge on any atom is 0.401 e. The Bertz CT molecular complexity index is 267. The summed E-state index contributed by atoms with van der Waals surface area (Å²) in [6, 6.07) is 0.110. The molecule has 0 spiro atoms. The van der Waals surface area contributed by atoms with E-state index in [-0.39, 0.29) is 11.9 Å². The first-order valence-corrected chi connectivity index (χ1v) is 6.22. The predicted octanol–water partition coefficient (Wildman–Crippen LogP) is 1.56. The largest absolute Gasteiger partial charge is 0.401 e. The topological polar surface area (TPSA) is 58.4 Å². The number of unbranched alkanes of at least 4 members (excludes halogenated alkanes) is 2. The number of carbonyl (C=O) groups excluding carboxylic acids is 1. The van der Waals surface area contributed by atoms with Crippen LogP contribution in [-0.2, 0) is 4.79 Å². The molecule has 0 aromatic carbocycles. The molecule has 106 valence electrons. The molecule has 3 N–H and O–H groups in total. The second-order valence-corrected chi connectivity index (χ2v) is 4.70. The number of hydrogen-bond donors (Lipinski definition) is 2. The molecule has 1 aliphatic rings. The van der Waals surface area contributed by atoms with E-state index in [0.29, 0.717) is 25.8 Å². The SMILES string of the molecule is NNC(=O)CCCCCN(CC(F)(F)F)C1CC1. The molecule has 1 fully saturated rings. The smallest absolute Gasteiger partial charge is 0.294 e. The van der Waals surface area contributed by atoms with Crippen LogP contribution >= 0.6 is 0 Å². The van der Waals surface area contributed by atoms with Crippen molar-refractivity contribution >= 4 is 5.91 Å². The average Bonchev–Trinajstić information content (AvgIpc) is 3.08. The van der Waals surface area contributed by atoms with Gasteiger partial charge in [-0.25, -0.2) is 5.84 Å². The lowest BCUT2D eigenvalue weighted by Gasteiger charge is -2.23. The normalized spacial score (nSPS) is 16.1. The molecule has 0 aliphatic heterocycles. The molecule has 0 radical (unpaired) electrons. The molecule has 0 unspecified atom stereocenters. The zero-order valence-electron chi connectivity index (χ0n) is 10.3. The van der Waals surface area contributed by atoms with E-state index in [1.165, 1.54) is 4.90 Å². The number of amides is 1. The van der Waals surface area contributed by atoms with Crippen LogP contribution in [0.4, 0.5) is 13.2 Å². The summed E-state index contributed by atoms with van der Waals surface area (Å²) >= 11 is 0. The van der Waals surface area contributed by atoms with Gasteiger partial charge in [-0.05, 0) is 32.2 Å². The van der Waals surface area contributed by atoms with Crippen molar-refractivity contribution < 1.29 is 18.0 Å². The quantitative estimate of drug-likeness (QED) is 0.304. The highest BCUT2D eigenvalue weighted by Crippen LogP contribution is 2.30. The summed E-state index contributed by atoms with van der Waals surface area (Å²) < 4.78 is 36.9. The van der Waals surface area contributed by atoms with Gasteiger partial charge in [0, 0.05) is 12.5 Å². The fourth-order valence-electron chi connectivity index (χ4n) is 1.91. The van der Waals surface area contributed by atoms with Gasteiger partial charge >= 0.3 is 6.18 Å². The number of hydrazine groups is 1. The molecule has 0 heterocycles. The van der Waals surface area contributed by atoms with Gasteiger partial charge in [0.15, 0.2) is 0 Å². The summed E-state index contributed by atoms with van der Waals surface area (Å²) in [7, 11) is 0. The standard InChI is InChI=1S/C11H20F3N3O/c12-11(13,14)8-17(9-5-6-9)7-3-1-2-4-10(18)16-15/h9H,1-8,15H2,(H,16,18). The van der Waals surface area contributed by atoms with Crippen LogP contribution < -0.4 is 11.3 Å². The molecule has 1 saturated carbocycles. The molecule has 1 aliphatic carbocycles. The Morgan fingerprint density at radius 2 is 1.94 bits per heavy atom. The van der Waals surface area contributed by atoms with Gasteiger partial charge in [0.05, 0.1) is 6.54 Å². The van der Waals surface area contributed by atoms with Crippen molar-refractivity contribution in [1.29, 1.82) is 0 Å². The predicted molar refractivity (Wildman–Crippen MR) is 61.4 cm³/mol. The van der Waals surface area contributed by atoms with Gasteiger partial charge < -0.3 is 0 Å². The molecule has 1 amide bonds. The Balaban J connectivity index is 2.12. The summed E-state index contributed by atoms with van der Waals surface area (Å²) in [5.41, 5.74) is 2.03. The summed E-state index contributed by atoms with van der Waals surface area (Å²) in [5, 5.41) is 0. The van der Waals surface area contributed by atoms with Gasteiger partial charge in [-0.1, -0.05) is 6.42 Å². The van der Waals surface area contributed by atoms with Crippen molar-refractivity contribution in [3.63, 3.8) is 0 Å². The highest BCUT2D eigenvalue weighted by atomic mass is 19.4. The van der Waals surface area contributed by atoms with E-state index in [1.54, 1.807) is 0 Å². The van der Waals surface area contributed by atoms with Crippen molar-refractivity contribution in [2.45, 2.75) is 50.7 Å². The van der Waals surface area contributed by atoms with Crippen LogP contribution in [0.3, 0.4) is 0 Å². The number of alkyl halides is 3. The monoisotopic (exact) mass is 267 g/mol. The lowest BCUT2D eigenvalue weighted by atomic mass is 10.2. The van der Waals surface area contributed by atoms with Gasteiger partial charge in [0.2, 0.25) is 5.91 Å². The highest BCUT2D eigenvalue weighted by Gasteiger charge is 2.37. The van der Waals surface area contributed by atoms with Crippen LogP contribution in [0, 0.1) is 0 Å². The van der Waals surface area contributed by atoms with Crippen LogP contribution in [0.5, 0.6) is 0 Å². The second kappa shape index (κ2) is 6.94. The maximum atomic E-state index is 12.3. The molecule has 0 saturated heterocycles. The fraction of sp³-hybridized carbons (Fsp3) is 0.909. The molecule has 4 nitrogen and oxygen atoms in total. The summed E-state index contributed by atoms with van der Waals surface area (Å²) in [4.78, 5) is 12.3. The lowest BCUT2D eigenvalue weighted by Crippen LogP contribution is -2.36. The van der Waals surface area contributed by atoms with Gasteiger partial charge in [-0.15, -0.1) is 0 Å². The van der Waals surface area contributed by atoms with Crippen LogP contribution in [0.25, 0.3) is 0 Å². The summed E-state index contributed by atoms with van der Waals surface area (Å²) in [5.74, 6) is 4.69. The number of carbonyl (C=O) groups is 1. The molecular formula is C11H20F3N3O. The second-order valence-electron chi connectivity index (χ2n) is 4.70. The Hall–Kier alpha value is -0.820. The first kappa shape index (κ1) is 15.2. The van der Waals surface area contributed by atoms with Crippen molar-refractivity contribution in [1.82, 2.24) is 10.3 Å². The Morgan fingerprint density at radius 1 is 1.28 bits per heavy atom. The van der Waals surface area contributed by atoms with Gasteiger partial charge in [-0.3, -0.25) is 15.1 Å². The molecule has 0 aromatic heterocycles. The van der Waals surface area contributed by atoms with E-state index in [1.807, 2.05) is 5.43 Å². The highest BCUT2D eigenvalue weighted by molar-refractivity contribution is 5.74. The van der Waals surface area contributed by atoms with Crippen LogP contribution in [0.1, 0.15) is 38.5 Å². The lowest BCUT2D eigenvalue weighted by molar-refractivity contribution is -0.147. The molecular weight excluding hydrogens is 247 g/mol. The van der Waals surface area contributed by atoms with Crippen LogP contribution in [0.15, 0.2) is 0 Å². The van der Waals surface area contributed by atoms with Crippen molar-refractivity contribution in [2.75, 3.05) is 13.1 Å². The maximum absolute atomic E-state index is 12.3. The molecule has 7 heteroatoms. The Kier molecular flexibility index (Phi) is 5.87. The minimum absolute atomic E-state index is 0.110. The van der Waals surface area contributed by atoms with Crippen molar-refractivity contribution in [2.24, 2.45) is 5.84 Å². The molecule has 18 heavy (non-hydrogen) atoms. The number of hydrogen-bond acceptors (Lipinski definition) is 3. The zero-order valence-corrected chi connectivity index (χ0v) is 10.3. The minimum atomic E-state index is -4.12. The number of nitrogens with two attached hydrogens (primary N) is 1. The van der Waals surface area contributed by atoms with E-state index >= 15 is 0 Å². The van der Waals surface area contributed by atoms with Crippen molar-refractivity contribution in [3.8, 4) is 0 Å². The third kappa shape index (κ3) is 6.80. The van der Waals surface area contributed by atoms with Gasteiger partial charge in [-0.2, -0.15) is 13.2 Å². The van der Waals surface area contributed by atoms with Gasteiger partial charge in [0.25, 0.3) is 0 Å². The minimum Gasteiger partial charge on any atom is -0.294 e. The molecule has 0 aromatic rings. The summed E-state index contributed by atoms with van der Waals surface area (Å²) in [6.45, 7) is -0.366. The van der Waals surface area contributed by atoms with E-state index in [4.69, 9.17) is 5.84 Å². The van der Waals surface area contributed by atoms with E-state index in [2.05, 4.69) is 0 Å². The molecule has 1 rings (SSSR count). The third-order valence-electron chi connectivity index (χ3n) is 2.96. The zero-order chi connectivity index (χ0) is 13.6. The number of nitrogens with zero attached hydrogens (tertiary/aromatic N) is 1. The Labute approximate surface area is 105 Å². The van der Waals surface area contributed by atoms with Crippen LogP contribution in [-0.4, -0.2) is 36.1 Å². The third-order valence-corrected chi connectivity index (χ3v) is 2.96. The van der Waals surface area contributed by atoms with E-state index in [9.17, 15) is 18.0 Å². The number of nitrogens with one attached hydrogen (secondary N) is 1.